The van der Waals surface area contributed by atoms with Crippen LogP contribution in [0.25, 0.3) is 0 Å². The zero-order valence-corrected chi connectivity index (χ0v) is 10.5. The zero-order chi connectivity index (χ0) is 11.0. The minimum Gasteiger partial charge on any atom is -0.0794 e. The van der Waals surface area contributed by atoms with Crippen LogP contribution in [0.15, 0.2) is 60.7 Å². The van der Waals surface area contributed by atoms with E-state index in [4.69, 9.17) is 0 Å². The van der Waals surface area contributed by atoms with Crippen LogP contribution in [0.4, 0.5) is 0 Å². The summed E-state index contributed by atoms with van der Waals surface area (Å²) in [5.74, 6) is 0.621. The molecule has 0 aromatic heterocycles. The van der Waals surface area contributed by atoms with E-state index in [9.17, 15) is 0 Å². The first kappa shape index (κ1) is 10.1. The smallest absolute Gasteiger partial charge is 0.0581 e. The molecule has 0 radical (unpaired) electrons. The van der Waals surface area contributed by atoms with Crippen LogP contribution < -0.4 is 0 Å². The SMILES string of the molecule is BrC1(c2ccccc2)CC1c1ccccc1. The van der Waals surface area contributed by atoms with Crippen LogP contribution in [0.2, 0.25) is 0 Å². The Morgan fingerprint density at radius 3 is 2.06 bits per heavy atom. The molecule has 0 aliphatic heterocycles. The fourth-order valence-corrected chi connectivity index (χ4v) is 3.19. The first-order valence-electron chi connectivity index (χ1n) is 5.60. The van der Waals surface area contributed by atoms with Gasteiger partial charge in [0.05, 0.1) is 4.32 Å². The Balaban J connectivity index is 1.90. The molecule has 0 N–H and O–H groups in total. The highest BCUT2D eigenvalue weighted by molar-refractivity contribution is 9.09. The van der Waals surface area contributed by atoms with Crippen LogP contribution in [0.3, 0.4) is 0 Å². The van der Waals surface area contributed by atoms with Crippen LogP contribution in [0.5, 0.6) is 0 Å². The molecule has 16 heavy (non-hydrogen) atoms. The highest BCUT2D eigenvalue weighted by Crippen LogP contribution is 2.64. The van der Waals surface area contributed by atoms with Gasteiger partial charge in [-0.3, -0.25) is 0 Å². The van der Waals surface area contributed by atoms with Crippen molar-refractivity contribution in [1.82, 2.24) is 0 Å². The van der Waals surface area contributed by atoms with Crippen LogP contribution in [0, 0.1) is 0 Å². The molecule has 1 fully saturated rings. The summed E-state index contributed by atoms with van der Waals surface area (Å²) in [6.07, 6.45) is 1.20. The second-order valence-electron chi connectivity index (χ2n) is 4.40. The summed E-state index contributed by atoms with van der Waals surface area (Å²) in [6.45, 7) is 0. The third kappa shape index (κ3) is 1.60. The van der Waals surface area contributed by atoms with E-state index in [2.05, 4.69) is 76.6 Å². The van der Waals surface area contributed by atoms with Gasteiger partial charge in [-0.05, 0) is 17.5 Å². The molecule has 2 unspecified atom stereocenters. The molecule has 1 heteroatoms. The van der Waals surface area contributed by atoms with Gasteiger partial charge in [0, 0.05) is 5.92 Å². The summed E-state index contributed by atoms with van der Waals surface area (Å²) < 4.78 is 0.176. The number of alkyl halides is 1. The lowest BCUT2D eigenvalue weighted by molar-refractivity contribution is 0.976. The summed E-state index contributed by atoms with van der Waals surface area (Å²) in [7, 11) is 0. The Hall–Kier alpha value is -1.08. The maximum atomic E-state index is 3.90. The van der Waals surface area contributed by atoms with E-state index in [0.29, 0.717) is 5.92 Å². The summed E-state index contributed by atoms with van der Waals surface area (Å²) in [4.78, 5) is 0. The maximum absolute atomic E-state index is 3.90. The van der Waals surface area contributed by atoms with Gasteiger partial charge in [-0.15, -0.1) is 0 Å². The average Bonchev–Trinajstić information content (AvgIpc) is 3.06. The molecule has 1 saturated carbocycles. The molecule has 0 amide bonds. The molecule has 0 saturated heterocycles. The van der Waals surface area contributed by atoms with Gasteiger partial charge < -0.3 is 0 Å². The van der Waals surface area contributed by atoms with E-state index >= 15 is 0 Å². The fraction of sp³-hybridized carbons (Fsp3) is 0.200. The van der Waals surface area contributed by atoms with E-state index in [0.717, 1.165) is 0 Å². The lowest BCUT2D eigenvalue weighted by Crippen LogP contribution is -1.98. The van der Waals surface area contributed by atoms with Crippen LogP contribution in [0.1, 0.15) is 23.5 Å². The maximum Gasteiger partial charge on any atom is 0.0581 e. The Morgan fingerprint density at radius 1 is 0.875 bits per heavy atom. The molecule has 2 atom stereocenters. The molecular weight excluding hydrogens is 260 g/mol. The van der Waals surface area contributed by atoms with E-state index in [-0.39, 0.29) is 4.32 Å². The number of hydrogen-bond donors (Lipinski definition) is 0. The summed E-state index contributed by atoms with van der Waals surface area (Å²) >= 11 is 3.90. The van der Waals surface area contributed by atoms with E-state index in [1.165, 1.54) is 17.5 Å². The lowest BCUT2D eigenvalue weighted by atomic mass is 10.0. The van der Waals surface area contributed by atoms with Crippen molar-refractivity contribution in [3.8, 4) is 0 Å². The number of halogens is 1. The summed E-state index contributed by atoms with van der Waals surface area (Å²) in [5, 5.41) is 0. The van der Waals surface area contributed by atoms with Crippen LogP contribution >= 0.6 is 15.9 Å². The lowest BCUT2D eigenvalue weighted by Gasteiger charge is -2.09. The molecule has 1 aliphatic rings. The third-order valence-corrected chi connectivity index (χ3v) is 4.68. The van der Waals surface area contributed by atoms with Crippen molar-refractivity contribution in [2.75, 3.05) is 0 Å². The van der Waals surface area contributed by atoms with E-state index in [1.807, 2.05) is 0 Å². The van der Waals surface area contributed by atoms with E-state index < -0.39 is 0 Å². The Bertz CT molecular complexity index is 477. The van der Waals surface area contributed by atoms with Gasteiger partial charge in [-0.25, -0.2) is 0 Å². The fourth-order valence-electron chi connectivity index (χ4n) is 2.34. The Kier molecular flexibility index (Phi) is 2.36. The van der Waals surface area contributed by atoms with Crippen LogP contribution in [-0.4, -0.2) is 0 Å². The molecule has 1 aliphatic carbocycles. The number of hydrogen-bond acceptors (Lipinski definition) is 0. The standard InChI is InChI=1S/C15H13Br/c16-15(13-9-5-2-6-10-13)11-14(15)12-7-3-1-4-8-12/h1-10,14H,11H2. The normalized spacial score (nSPS) is 27.7. The van der Waals surface area contributed by atoms with Crippen molar-refractivity contribution < 1.29 is 0 Å². The Morgan fingerprint density at radius 2 is 1.44 bits per heavy atom. The van der Waals surface area contributed by atoms with Crippen LogP contribution in [-0.2, 0) is 4.32 Å². The van der Waals surface area contributed by atoms with Crippen molar-refractivity contribution in [3.63, 3.8) is 0 Å². The molecule has 2 aromatic carbocycles. The molecule has 80 valence electrons. The first-order chi connectivity index (χ1) is 7.81. The summed E-state index contributed by atoms with van der Waals surface area (Å²) in [6, 6.07) is 21.4. The number of rotatable bonds is 2. The highest BCUT2D eigenvalue weighted by Gasteiger charge is 2.53. The molecule has 0 heterocycles. The van der Waals surface area contributed by atoms with Crippen molar-refractivity contribution in [3.05, 3.63) is 71.8 Å². The number of benzene rings is 2. The second-order valence-corrected chi connectivity index (χ2v) is 5.81. The largest absolute Gasteiger partial charge is 0.0794 e. The highest BCUT2D eigenvalue weighted by atomic mass is 79.9. The van der Waals surface area contributed by atoms with Gasteiger partial charge in [0.2, 0.25) is 0 Å². The summed E-state index contributed by atoms with van der Waals surface area (Å²) in [5.41, 5.74) is 2.83. The van der Waals surface area contributed by atoms with Gasteiger partial charge in [-0.2, -0.15) is 0 Å². The first-order valence-corrected chi connectivity index (χ1v) is 6.39. The molecule has 0 nitrogen and oxygen atoms in total. The molecule has 0 bridgehead atoms. The Labute approximate surface area is 104 Å². The predicted octanol–water partition coefficient (Wildman–Crippen LogP) is 4.46. The second kappa shape index (κ2) is 3.74. The molecule has 2 aromatic rings. The minimum atomic E-state index is 0.176. The monoisotopic (exact) mass is 272 g/mol. The molecular formula is C15H13Br. The third-order valence-electron chi connectivity index (χ3n) is 3.35. The predicted molar refractivity (Wildman–Crippen MR) is 70.8 cm³/mol. The molecule has 0 spiro atoms. The van der Waals surface area contributed by atoms with Gasteiger partial charge in [0.1, 0.15) is 0 Å². The zero-order valence-electron chi connectivity index (χ0n) is 8.94. The minimum absolute atomic E-state index is 0.176. The van der Waals surface area contributed by atoms with Crippen molar-refractivity contribution in [2.45, 2.75) is 16.7 Å². The molecule has 3 rings (SSSR count). The van der Waals surface area contributed by atoms with Crippen molar-refractivity contribution >= 4 is 15.9 Å². The quantitative estimate of drug-likeness (QED) is 0.708. The van der Waals surface area contributed by atoms with E-state index in [1.54, 1.807) is 0 Å². The van der Waals surface area contributed by atoms with Crippen molar-refractivity contribution in [2.24, 2.45) is 0 Å². The average molecular weight is 273 g/mol. The van der Waals surface area contributed by atoms with Gasteiger partial charge >= 0.3 is 0 Å². The topological polar surface area (TPSA) is 0 Å². The van der Waals surface area contributed by atoms with Gasteiger partial charge in [0.15, 0.2) is 0 Å². The van der Waals surface area contributed by atoms with Crippen molar-refractivity contribution in [1.29, 1.82) is 0 Å². The van der Waals surface area contributed by atoms with Gasteiger partial charge in [-0.1, -0.05) is 76.6 Å². The van der Waals surface area contributed by atoms with Gasteiger partial charge in [0.25, 0.3) is 0 Å².